The Morgan fingerprint density at radius 3 is 2.54 bits per heavy atom. The van der Waals surface area contributed by atoms with Gasteiger partial charge in [0.1, 0.15) is 11.6 Å². The van der Waals surface area contributed by atoms with Crippen LogP contribution < -0.4 is 14.4 Å². The van der Waals surface area contributed by atoms with Gasteiger partial charge >= 0.3 is 0 Å². The van der Waals surface area contributed by atoms with Crippen LogP contribution in [0.4, 0.5) is 5.69 Å². The third kappa shape index (κ3) is 2.54. The van der Waals surface area contributed by atoms with Crippen molar-refractivity contribution in [2.24, 2.45) is 11.1 Å². The number of oxime groups is 1. The summed E-state index contributed by atoms with van der Waals surface area (Å²) in [7, 11) is 3.02. The van der Waals surface area contributed by atoms with Gasteiger partial charge in [0, 0.05) is 10.6 Å². The number of amides is 2. The fourth-order valence-corrected chi connectivity index (χ4v) is 3.73. The third-order valence-corrected chi connectivity index (χ3v) is 5.38. The highest BCUT2D eigenvalue weighted by atomic mass is 35.5. The summed E-state index contributed by atoms with van der Waals surface area (Å²) in [5.41, 5.74) is 1.96. The van der Waals surface area contributed by atoms with E-state index in [0.717, 1.165) is 4.90 Å². The summed E-state index contributed by atoms with van der Waals surface area (Å²) < 4.78 is 10.8. The minimum Gasteiger partial charge on any atom is -0.493 e. The maximum Gasteiger partial charge on any atom is 0.278 e. The number of halogens is 1. The van der Waals surface area contributed by atoms with E-state index in [0.29, 0.717) is 39.0 Å². The second kappa shape index (κ2) is 6.83. The average molecular weight is 401 g/mol. The first kappa shape index (κ1) is 18.3. The molecule has 0 aromatic heterocycles. The quantitative estimate of drug-likeness (QED) is 0.737. The molecule has 1 saturated heterocycles. The number of nitrogens with zero attached hydrogens (tertiary/aromatic N) is 2. The number of imide groups is 1. The molecule has 7 nitrogen and oxygen atoms in total. The molecule has 2 aromatic carbocycles. The molecule has 2 aromatic rings. The van der Waals surface area contributed by atoms with Crippen LogP contribution in [0, 0.1) is 12.8 Å². The molecular weight excluding hydrogens is 384 g/mol. The molecule has 0 radical (unpaired) electrons. The maximum absolute atomic E-state index is 13.2. The molecule has 0 N–H and O–H groups in total. The molecule has 144 valence electrons. The Balaban J connectivity index is 1.77. The lowest BCUT2D eigenvalue weighted by Gasteiger charge is -2.19. The number of para-hydroxylation sites is 1. The molecule has 0 bridgehead atoms. The Kier molecular flexibility index (Phi) is 4.47. The van der Waals surface area contributed by atoms with Gasteiger partial charge in [0.25, 0.3) is 5.91 Å². The van der Waals surface area contributed by atoms with Crippen LogP contribution in [0.3, 0.4) is 0 Å². The zero-order chi connectivity index (χ0) is 20.0. The fraction of sp³-hybridized carbons (Fsp3) is 0.250. The number of hydrogen-bond acceptors (Lipinski definition) is 6. The number of hydrogen-bond donors (Lipinski definition) is 0. The van der Waals surface area contributed by atoms with Gasteiger partial charge in [0.15, 0.2) is 11.5 Å². The number of carbonyl (C=O) groups excluding carboxylic acids is 2. The van der Waals surface area contributed by atoms with Gasteiger partial charge in [-0.3, -0.25) is 9.59 Å². The van der Waals surface area contributed by atoms with Gasteiger partial charge in [-0.2, -0.15) is 0 Å². The molecule has 8 heteroatoms. The van der Waals surface area contributed by atoms with E-state index >= 15 is 0 Å². The minimum atomic E-state index is -1.02. The zero-order valence-corrected chi connectivity index (χ0v) is 16.2. The smallest absolute Gasteiger partial charge is 0.278 e. The molecule has 1 fully saturated rings. The zero-order valence-electron chi connectivity index (χ0n) is 15.4. The lowest BCUT2D eigenvalue weighted by atomic mass is 9.93. The topological polar surface area (TPSA) is 77.4 Å². The Bertz CT molecular complexity index is 1020. The summed E-state index contributed by atoms with van der Waals surface area (Å²) in [6, 6.07) is 10.3. The molecule has 2 aliphatic heterocycles. The number of benzene rings is 2. The molecule has 0 aliphatic carbocycles. The summed E-state index contributed by atoms with van der Waals surface area (Å²) in [4.78, 5) is 32.6. The van der Waals surface area contributed by atoms with Crippen molar-refractivity contribution in [2.75, 3.05) is 19.1 Å². The largest absolute Gasteiger partial charge is 0.493 e. The highest BCUT2D eigenvalue weighted by molar-refractivity contribution is 6.35. The van der Waals surface area contributed by atoms with E-state index in [4.69, 9.17) is 25.9 Å². The van der Waals surface area contributed by atoms with E-state index < -0.39 is 23.8 Å². The van der Waals surface area contributed by atoms with Gasteiger partial charge in [0.05, 0.1) is 19.9 Å². The number of fused-ring (bicyclic) bond motifs is 1. The highest BCUT2D eigenvalue weighted by Gasteiger charge is 2.56. The van der Waals surface area contributed by atoms with E-state index in [9.17, 15) is 9.59 Å². The lowest BCUT2D eigenvalue weighted by Crippen LogP contribution is -2.33. The predicted octanol–water partition coefficient (Wildman–Crippen LogP) is 2.96. The number of carbonyl (C=O) groups is 2. The Hall–Kier alpha value is -3.06. The van der Waals surface area contributed by atoms with Crippen LogP contribution in [-0.4, -0.2) is 37.8 Å². The molecular formula is C20H17ClN2O5. The van der Waals surface area contributed by atoms with Crippen molar-refractivity contribution in [3.8, 4) is 11.5 Å². The molecule has 4 rings (SSSR count). The van der Waals surface area contributed by atoms with Gasteiger partial charge in [-0.15, -0.1) is 0 Å². The summed E-state index contributed by atoms with van der Waals surface area (Å²) in [6.45, 7) is 1.76. The average Bonchev–Trinajstić information content (AvgIpc) is 3.24. The normalized spacial score (nSPS) is 20.7. The van der Waals surface area contributed by atoms with Crippen molar-refractivity contribution in [1.29, 1.82) is 0 Å². The molecule has 28 heavy (non-hydrogen) atoms. The van der Waals surface area contributed by atoms with E-state index in [1.54, 1.807) is 43.3 Å². The SMILES string of the molecule is COc1cccc(C2=NOC3C(=O)N(c4cccc(Cl)c4C)C(=O)C23)c1OC. The van der Waals surface area contributed by atoms with Crippen LogP contribution >= 0.6 is 11.6 Å². The van der Waals surface area contributed by atoms with Gasteiger partial charge < -0.3 is 14.3 Å². The second-order valence-corrected chi connectivity index (χ2v) is 6.82. The van der Waals surface area contributed by atoms with Gasteiger partial charge in [0.2, 0.25) is 12.0 Å². The van der Waals surface area contributed by atoms with Crippen molar-refractivity contribution < 1.29 is 23.9 Å². The Morgan fingerprint density at radius 1 is 1.07 bits per heavy atom. The van der Waals surface area contributed by atoms with Gasteiger partial charge in [-0.05, 0) is 36.8 Å². The van der Waals surface area contributed by atoms with Gasteiger partial charge in [-0.1, -0.05) is 28.9 Å². The van der Waals surface area contributed by atoms with E-state index in [-0.39, 0.29) is 0 Å². The van der Waals surface area contributed by atoms with Crippen LogP contribution in [0.5, 0.6) is 11.5 Å². The Morgan fingerprint density at radius 2 is 1.82 bits per heavy atom. The molecule has 2 atom stereocenters. The standard InChI is InChI=1S/C20H17ClN2O5/c1-10-12(21)7-5-8-13(10)23-19(24)15-16(22-28-18(15)20(23)25)11-6-4-9-14(26-2)17(11)27-3/h4-9,15,18H,1-3H3. The number of rotatable bonds is 4. The van der Waals surface area contributed by atoms with Crippen molar-refractivity contribution >= 4 is 34.8 Å². The first-order chi connectivity index (χ1) is 13.5. The summed E-state index contributed by atoms with van der Waals surface area (Å²) in [6.07, 6.45) is -1.02. The van der Waals surface area contributed by atoms with Crippen molar-refractivity contribution in [3.63, 3.8) is 0 Å². The molecule has 2 unspecified atom stereocenters. The van der Waals surface area contributed by atoms with E-state index in [1.807, 2.05) is 0 Å². The van der Waals surface area contributed by atoms with E-state index in [1.165, 1.54) is 14.2 Å². The van der Waals surface area contributed by atoms with Crippen molar-refractivity contribution in [2.45, 2.75) is 13.0 Å². The number of ether oxygens (including phenoxy) is 2. The predicted molar refractivity (Wildman–Crippen MR) is 103 cm³/mol. The molecule has 2 aliphatic rings. The summed E-state index contributed by atoms with van der Waals surface area (Å²) >= 11 is 6.17. The second-order valence-electron chi connectivity index (χ2n) is 6.42. The first-order valence-electron chi connectivity index (χ1n) is 8.57. The highest BCUT2D eigenvalue weighted by Crippen LogP contribution is 2.40. The number of anilines is 1. The van der Waals surface area contributed by atoms with Crippen LogP contribution in [0.15, 0.2) is 41.6 Å². The van der Waals surface area contributed by atoms with E-state index in [2.05, 4.69) is 5.16 Å². The van der Waals surface area contributed by atoms with Crippen molar-refractivity contribution in [3.05, 3.63) is 52.5 Å². The fourth-order valence-electron chi connectivity index (χ4n) is 3.56. The molecule has 0 spiro atoms. The summed E-state index contributed by atoms with van der Waals surface area (Å²) in [5.74, 6) is -0.842. The third-order valence-electron chi connectivity index (χ3n) is 4.97. The monoisotopic (exact) mass is 400 g/mol. The Labute approximate surface area is 166 Å². The molecule has 2 amide bonds. The van der Waals surface area contributed by atoms with Crippen molar-refractivity contribution in [1.82, 2.24) is 0 Å². The minimum absolute atomic E-state index is 0.335. The molecule has 2 heterocycles. The van der Waals surface area contributed by atoms with Crippen LogP contribution in [0.2, 0.25) is 5.02 Å². The van der Waals surface area contributed by atoms with Crippen LogP contribution in [-0.2, 0) is 14.4 Å². The molecule has 0 saturated carbocycles. The van der Waals surface area contributed by atoms with Crippen LogP contribution in [0.25, 0.3) is 0 Å². The van der Waals surface area contributed by atoms with Gasteiger partial charge in [-0.25, -0.2) is 4.90 Å². The number of methoxy groups -OCH3 is 2. The summed E-state index contributed by atoms with van der Waals surface area (Å²) in [5, 5.41) is 4.50. The first-order valence-corrected chi connectivity index (χ1v) is 8.95. The lowest BCUT2D eigenvalue weighted by molar-refractivity contribution is -0.126. The maximum atomic E-state index is 13.2. The van der Waals surface area contributed by atoms with Crippen LogP contribution in [0.1, 0.15) is 11.1 Å².